The van der Waals surface area contributed by atoms with Gasteiger partial charge in [0.05, 0.1) is 12.8 Å². The van der Waals surface area contributed by atoms with Gasteiger partial charge >= 0.3 is 5.97 Å². The molecule has 0 atom stereocenters. The Hall–Kier alpha value is -0.550. The van der Waals surface area contributed by atoms with Crippen LogP contribution >= 0.6 is 23.1 Å². The number of rotatable bonds is 4. The van der Waals surface area contributed by atoms with Crippen molar-refractivity contribution in [3.8, 4) is 0 Å². The first-order valence-electron chi connectivity index (χ1n) is 3.83. The van der Waals surface area contributed by atoms with E-state index in [4.69, 9.17) is 4.74 Å². The number of esters is 1. The second-order valence-electron chi connectivity index (χ2n) is 2.06. The SMILES string of the molecule is [CH2]CSc1ncc(C(=O)OCC)s1. The Bertz CT molecular complexity index is 285. The predicted molar refractivity (Wildman–Crippen MR) is 54.2 cm³/mol. The quantitative estimate of drug-likeness (QED) is 0.571. The molecule has 1 aromatic rings. The number of thiazole rings is 1. The molecule has 5 heteroatoms. The van der Waals surface area contributed by atoms with E-state index in [2.05, 4.69) is 11.9 Å². The fraction of sp³-hybridized carbons (Fsp3) is 0.375. The first-order chi connectivity index (χ1) is 6.27. The van der Waals surface area contributed by atoms with Crippen LogP contribution in [-0.4, -0.2) is 23.3 Å². The first-order valence-corrected chi connectivity index (χ1v) is 5.63. The molecule has 71 valence electrons. The van der Waals surface area contributed by atoms with Gasteiger partial charge in [-0.1, -0.05) is 11.8 Å². The molecule has 1 radical (unpaired) electrons. The largest absolute Gasteiger partial charge is 0.462 e. The smallest absolute Gasteiger partial charge is 0.349 e. The fourth-order valence-electron chi connectivity index (χ4n) is 0.709. The number of carbonyl (C=O) groups is 1. The second kappa shape index (κ2) is 5.24. The van der Waals surface area contributed by atoms with Crippen molar-refractivity contribution in [3.05, 3.63) is 18.0 Å². The third kappa shape index (κ3) is 3.00. The maximum absolute atomic E-state index is 11.2. The number of carbonyl (C=O) groups excluding carboxylic acids is 1. The molecule has 0 N–H and O–H groups in total. The molecule has 0 saturated carbocycles. The van der Waals surface area contributed by atoms with Crippen molar-refractivity contribution in [1.29, 1.82) is 0 Å². The van der Waals surface area contributed by atoms with Gasteiger partial charge in [0, 0.05) is 5.75 Å². The fourth-order valence-corrected chi connectivity index (χ4v) is 2.31. The Labute approximate surface area is 85.5 Å². The van der Waals surface area contributed by atoms with Crippen molar-refractivity contribution in [3.63, 3.8) is 0 Å². The average Bonchev–Trinajstić information content (AvgIpc) is 2.54. The van der Waals surface area contributed by atoms with Gasteiger partial charge in [-0.25, -0.2) is 9.78 Å². The van der Waals surface area contributed by atoms with Gasteiger partial charge in [-0.3, -0.25) is 0 Å². The third-order valence-corrected chi connectivity index (χ3v) is 3.12. The summed E-state index contributed by atoms with van der Waals surface area (Å²) in [4.78, 5) is 15.8. The summed E-state index contributed by atoms with van der Waals surface area (Å²) >= 11 is 2.86. The van der Waals surface area contributed by atoms with Crippen LogP contribution in [0.1, 0.15) is 16.6 Å². The number of nitrogens with zero attached hydrogens (tertiary/aromatic N) is 1. The van der Waals surface area contributed by atoms with Crippen LogP contribution in [-0.2, 0) is 4.74 Å². The third-order valence-electron chi connectivity index (χ3n) is 1.19. The van der Waals surface area contributed by atoms with Crippen LogP contribution in [0, 0.1) is 6.92 Å². The van der Waals surface area contributed by atoms with Crippen LogP contribution in [0.3, 0.4) is 0 Å². The Morgan fingerprint density at radius 1 is 1.85 bits per heavy atom. The van der Waals surface area contributed by atoms with Crippen molar-refractivity contribution >= 4 is 29.1 Å². The van der Waals surface area contributed by atoms with Crippen LogP contribution in [0.2, 0.25) is 0 Å². The van der Waals surface area contributed by atoms with Gasteiger partial charge < -0.3 is 4.74 Å². The van der Waals surface area contributed by atoms with Gasteiger partial charge in [-0.2, -0.15) is 0 Å². The number of thioether (sulfide) groups is 1. The van der Waals surface area contributed by atoms with E-state index in [-0.39, 0.29) is 5.97 Å². The van der Waals surface area contributed by atoms with E-state index in [9.17, 15) is 4.79 Å². The number of hydrogen-bond donors (Lipinski definition) is 0. The molecule has 0 unspecified atom stereocenters. The Morgan fingerprint density at radius 2 is 2.62 bits per heavy atom. The normalized spacial score (nSPS) is 10.0. The van der Waals surface area contributed by atoms with Gasteiger partial charge in [-0.15, -0.1) is 11.3 Å². The summed E-state index contributed by atoms with van der Waals surface area (Å²) < 4.78 is 5.69. The molecule has 0 amide bonds. The Balaban J connectivity index is 2.62. The highest BCUT2D eigenvalue weighted by Gasteiger charge is 2.10. The van der Waals surface area contributed by atoms with Crippen LogP contribution in [0.5, 0.6) is 0 Å². The highest BCUT2D eigenvalue weighted by Crippen LogP contribution is 2.23. The van der Waals surface area contributed by atoms with Crippen molar-refractivity contribution in [1.82, 2.24) is 4.98 Å². The lowest BCUT2D eigenvalue weighted by atomic mass is 10.6. The van der Waals surface area contributed by atoms with E-state index >= 15 is 0 Å². The summed E-state index contributed by atoms with van der Waals surface area (Å²) in [6.07, 6.45) is 1.54. The average molecular weight is 216 g/mol. The summed E-state index contributed by atoms with van der Waals surface area (Å²) in [6, 6.07) is 0. The van der Waals surface area contributed by atoms with E-state index in [0.717, 1.165) is 10.1 Å². The summed E-state index contributed by atoms with van der Waals surface area (Å²) in [7, 11) is 0. The molecule has 3 nitrogen and oxygen atoms in total. The molecule has 0 aromatic carbocycles. The zero-order valence-electron chi connectivity index (χ0n) is 7.28. The Morgan fingerprint density at radius 3 is 3.23 bits per heavy atom. The minimum Gasteiger partial charge on any atom is -0.462 e. The van der Waals surface area contributed by atoms with E-state index in [1.54, 1.807) is 13.1 Å². The van der Waals surface area contributed by atoms with Gasteiger partial charge in [0.1, 0.15) is 4.88 Å². The molecule has 0 aliphatic heterocycles. The lowest BCUT2D eigenvalue weighted by molar-refractivity contribution is 0.0532. The van der Waals surface area contributed by atoms with Crippen molar-refractivity contribution in [2.75, 3.05) is 12.4 Å². The molecular formula is C8H10NO2S2. The zero-order valence-corrected chi connectivity index (χ0v) is 8.91. The summed E-state index contributed by atoms with van der Waals surface area (Å²) in [5.41, 5.74) is 0. The second-order valence-corrected chi connectivity index (χ2v) is 4.43. The summed E-state index contributed by atoms with van der Waals surface area (Å²) in [6.45, 7) is 5.86. The molecule has 0 spiro atoms. The number of aromatic nitrogens is 1. The van der Waals surface area contributed by atoms with Crippen LogP contribution in [0.15, 0.2) is 10.5 Å². The van der Waals surface area contributed by atoms with Gasteiger partial charge in [0.15, 0.2) is 4.34 Å². The lowest BCUT2D eigenvalue weighted by Gasteiger charge is -1.95. The first kappa shape index (κ1) is 10.5. The molecule has 1 aromatic heterocycles. The molecular weight excluding hydrogens is 206 g/mol. The van der Waals surface area contributed by atoms with Gasteiger partial charge in [-0.05, 0) is 13.8 Å². The van der Waals surface area contributed by atoms with Gasteiger partial charge in [0.25, 0.3) is 0 Å². The number of ether oxygens (including phenoxy) is 1. The number of hydrogen-bond acceptors (Lipinski definition) is 5. The molecule has 13 heavy (non-hydrogen) atoms. The van der Waals surface area contributed by atoms with E-state index < -0.39 is 0 Å². The maximum atomic E-state index is 11.2. The molecule has 1 heterocycles. The van der Waals surface area contributed by atoms with Gasteiger partial charge in [0.2, 0.25) is 0 Å². The zero-order chi connectivity index (χ0) is 9.68. The van der Waals surface area contributed by atoms with E-state index in [0.29, 0.717) is 11.5 Å². The highest BCUT2D eigenvalue weighted by atomic mass is 32.2. The standard InChI is InChI=1S/C8H10NO2S2/c1-3-11-7(10)6-5-9-8(13-6)12-4-2/h5H,2-4H2,1H3. The molecule has 0 bridgehead atoms. The molecule has 0 saturated heterocycles. The topological polar surface area (TPSA) is 39.2 Å². The molecule has 1 rings (SSSR count). The van der Waals surface area contributed by atoms with Crippen molar-refractivity contribution < 1.29 is 9.53 Å². The van der Waals surface area contributed by atoms with Crippen molar-refractivity contribution in [2.24, 2.45) is 0 Å². The maximum Gasteiger partial charge on any atom is 0.349 e. The highest BCUT2D eigenvalue weighted by molar-refractivity contribution is 8.01. The lowest BCUT2D eigenvalue weighted by Crippen LogP contribution is -2.01. The summed E-state index contributed by atoms with van der Waals surface area (Å²) in [5, 5.41) is 0. The minimum absolute atomic E-state index is 0.295. The van der Waals surface area contributed by atoms with Crippen LogP contribution in [0.25, 0.3) is 0 Å². The van der Waals surface area contributed by atoms with Crippen molar-refractivity contribution in [2.45, 2.75) is 11.3 Å². The molecule has 0 aliphatic rings. The molecule has 0 fully saturated rings. The van der Waals surface area contributed by atoms with E-state index in [1.165, 1.54) is 23.1 Å². The summed E-state index contributed by atoms with van der Waals surface area (Å²) in [5.74, 6) is 0.423. The minimum atomic E-state index is -0.295. The monoisotopic (exact) mass is 216 g/mol. The van der Waals surface area contributed by atoms with Crippen LogP contribution in [0.4, 0.5) is 0 Å². The predicted octanol–water partition coefficient (Wildman–Crippen LogP) is 2.25. The van der Waals surface area contributed by atoms with E-state index in [1.807, 2.05) is 0 Å². The molecule has 0 aliphatic carbocycles. The Kier molecular flexibility index (Phi) is 4.24. The van der Waals surface area contributed by atoms with Crippen LogP contribution < -0.4 is 0 Å².